The van der Waals surface area contributed by atoms with E-state index < -0.39 is 12.2 Å². The highest BCUT2D eigenvalue weighted by Gasteiger charge is 2.39. The van der Waals surface area contributed by atoms with Crippen LogP contribution in [-0.2, 0) is 14.3 Å². The third-order valence-corrected chi connectivity index (χ3v) is 5.34. The van der Waals surface area contributed by atoms with Crippen LogP contribution in [0.25, 0.3) is 0 Å². The summed E-state index contributed by atoms with van der Waals surface area (Å²) < 4.78 is 4.91. The second-order valence-corrected chi connectivity index (χ2v) is 7.63. The summed E-state index contributed by atoms with van der Waals surface area (Å²) in [5.74, 6) is -0.347. The van der Waals surface area contributed by atoms with Crippen LogP contribution in [0.2, 0.25) is 0 Å². The lowest BCUT2D eigenvalue weighted by Crippen LogP contribution is -2.19. The number of hydrogen-bond donors (Lipinski definition) is 2. The van der Waals surface area contributed by atoms with Gasteiger partial charge in [0, 0.05) is 24.7 Å². The summed E-state index contributed by atoms with van der Waals surface area (Å²) in [6, 6.07) is 0. The van der Waals surface area contributed by atoms with Gasteiger partial charge in [-0.1, -0.05) is 57.6 Å². The minimum absolute atomic E-state index is 0.129. The lowest BCUT2D eigenvalue weighted by atomic mass is 9.88. The molecular formula is C22H38O5. The van der Waals surface area contributed by atoms with Gasteiger partial charge >= 0.3 is 5.97 Å². The lowest BCUT2D eigenvalue weighted by molar-refractivity contribution is -0.143. The van der Waals surface area contributed by atoms with Gasteiger partial charge in [0.25, 0.3) is 0 Å². The molecule has 27 heavy (non-hydrogen) atoms. The number of Topliss-reactive ketones (excluding diaryl/α,β-unsaturated/α-hetero) is 1. The van der Waals surface area contributed by atoms with Gasteiger partial charge in [0.2, 0.25) is 0 Å². The van der Waals surface area contributed by atoms with Crippen LogP contribution in [0.15, 0.2) is 12.2 Å². The van der Waals surface area contributed by atoms with Crippen LogP contribution < -0.4 is 0 Å². The Labute approximate surface area is 164 Å². The maximum Gasteiger partial charge on any atom is 0.305 e. The molecule has 0 aliphatic heterocycles. The van der Waals surface area contributed by atoms with Crippen LogP contribution in [0.4, 0.5) is 0 Å². The van der Waals surface area contributed by atoms with E-state index >= 15 is 0 Å². The van der Waals surface area contributed by atoms with E-state index in [4.69, 9.17) is 4.74 Å². The molecule has 0 aromatic carbocycles. The molecule has 1 rings (SSSR count). The van der Waals surface area contributed by atoms with Gasteiger partial charge in [-0.3, -0.25) is 9.59 Å². The molecule has 1 aliphatic rings. The largest absolute Gasteiger partial charge is 0.466 e. The fourth-order valence-corrected chi connectivity index (χ4v) is 3.77. The molecule has 0 amide bonds. The fourth-order valence-electron chi connectivity index (χ4n) is 3.77. The Bertz CT molecular complexity index is 460. The van der Waals surface area contributed by atoms with Gasteiger partial charge < -0.3 is 14.9 Å². The number of hydrogen-bond acceptors (Lipinski definition) is 5. The number of aliphatic hydroxyl groups excluding tert-OH is 2. The summed E-state index contributed by atoms with van der Waals surface area (Å²) in [4.78, 5) is 23.5. The van der Waals surface area contributed by atoms with E-state index in [0.717, 1.165) is 57.8 Å². The van der Waals surface area contributed by atoms with E-state index in [1.807, 2.05) is 6.08 Å². The van der Waals surface area contributed by atoms with E-state index in [2.05, 4.69) is 6.92 Å². The molecule has 2 N–H and O–H groups in total. The summed E-state index contributed by atoms with van der Waals surface area (Å²) >= 11 is 0. The van der Waals surface area contributed by atoms with Gasteiger partial charge in [0.05, 0.1) is 18.8 Å². The quantitative estimate of drug-likeness (QED) is 0.270. The standard InChI is InChI=1S/C22H38O5/c1-3-5-8-11-17(23)14-15-19-18(20(24)16-21(19)25)12-9-6-7-10-13-22(26)27-4-2/h14-15,17-19,21,23,25H,3-13,16H2,1-2H3. The maximum atomic E-state index is 12.2. The summed E-state index contributed by atoms with van der Waals surface area (Å²) in [6.07, 6.45) is 11.5. The number of esters is 1. The van der Waals surface area contributed by atoms with Crippen LogP contribution in [0.1, 0.15) is 84.5 Å². The first-order valence-electron chi connectivity index (χ1n) is 10.7. The molecule has 1 aliphatic carbocycles. The van der Waals surface area contributed by atoms with Crippen LogP contribution in [0.5, 0.6) is 0 Å². The Kier molecular flexibility index (Phi) is 12.3. The van der Waals surface area contributed by atoms with Crippen molar-refractivity contribution in [1.82, 2.24) is 0 Å². The van der Waals surface area contributed by atoms with E-state index in [1.165, 1.54) is 0 Å². The number of carbonyl (C=O) groups is 2. The molecule has 0 spiro atoms. The third-order valence-electron chi connectivity index (χ3n) is 5.34. The number of unbranched alkanes of at least 4 members (excludes halogenated alkanes) is 5. The zero-order valence-corrected chi connectivity index (χ0v) is 17.1. The van der Waals surface area contributed by atoms with Gasteiger partial charge in [-0.05, 0) is 26.2 Å². The average Bonchev–Trinajstić information content (AvgIpc) is 2.89. The average molecular weight is 383 g/mol. The molecule has 4 unspecified atom stereocenters. The Hall–Kier alpha value is -1.20. The van der Waals surface area contributed by atoms with Crippen molar-refractivity contribution in [1.29, 1.82) is 0 Å². The molecule has 0 saturated heterocycles. The fraction of sp³-hybridized carbons (Fsp3) is 0.818. The molecule has 1 saturated carbocycles. The van der Waals surface area contributed by atoms with E-state index in [0.29, 0.717) is 13.0 Å². The summed E-state index contributed by atoms with van der Waals surface area (Å²) in [7, 11) is 0. The van der Waals surface area contributed by atoms with Crippen molar-refractivity contribution in [3.63, 3.8) is 0 Å². The van der Waals surface area contributed by atoms with Crippen molar-refractivity contribution in [2.24, 2.45) is 11.8 Å². The van der Waals surface area contributed by atoms with Crippen molar-refractivity contribution >= 4 is 11.8 Å². The van der Waals surface area contributed by atoms with Crippen LogP contribution in [0.3, 0.4) is 0 Å². The zero-order chi connectivity index (χ0) is 20.1. The summed E-state index contributed by atoms with van der Waals surface area (Å²) in [5.41, 5.74) is 0. The first-order valence-corrected chi connectivity index (χ1v) is 10.7. The first-order chi connectivity index (χ1) is 13.0. The Morgan fingerprint density at radius 2 is 1.93 bits per heavy atom. The number of ether oxygens (including phenoxy) is 1. The van der Waals surface area contributed by atoms with E-state index in [1.54, 1.807) is 13.0 Å². The predicted molar refractivity (Wildman–Crippen MR) is 106 cm³/mol. The molecule has 0 aromatic rings. The van der Waals surface area contributed by atoms with Crippen molar-refractivity contribution in [2.45, 2.75) is 96.7 Å². The summed E-state index contributed by atoms with van der Waals surface area (Å²) in [6.45, 7) is 4.36. The molecule has 1 fully saturated rings. The minimum atomic E-state index is -0.634. The van der Waals surface area contributed by atoms with Crippen molar-refractivity contribution in [2.75, 3.05) is 6.61 Å². The Morgan fingerprint density at radius 3 is 2.63 bits per heavy atom. The number of carbonyl (C=O) groups excluding carboxylic acids is 2. The van der Waals surface area contributed by atoms with Gasteiger partial charge in [-0.15, -0.1) is 0 Å². The highest BCUT2D eigenvalue weighted by Crippen LogP contribution is 2.34. The van der Waals surface area contributed by atoms with Crippen LogP contribution >= 0.6 is 0 Å². The number of aliphatic hydroxyl groups is 2. The van der Waals surface area contributed by atoms with Crippen LogP contribution in [-0.4, -0.2) is 40.8 Å². The SMILES string of the molecule is CCCCCC(O)C=CC1C(O)CC(=O)C1CCCCCCC(=O)OCC. The smallest absolute Gasteiger partial charge is 0.305 e. The van der Waals surface area contributed by atoms with Gasteiger partial charge in [-0.25, -0.2) is 0 Å². The molecule has 156 valence electrons. The molecule has 0 bridgehead atoms. The molecule has 0 radical (unpaired) electrons. The summed E-state index contributed by atoms with van der Waals surface area (Å²) in [5, 5.41) is 20.2. The minimum Gasteiger partial charge on any atom is -0.466 e. The Morgan fingerprint density at radius 1 is 1.19 bits per heavy atom. The van der Waals surface area contributed by atoms with Crippen molar-refractivity contribution in [3.8, 4) is 0 Å². The van der Waals surface area contributed by atoms with Gasteiger partial charge in [0.1, 0.15) is 5.78 Å². The molecule has 0 aromatic heterocycles. The van der Waals surface area contributed by atoms with Gasteiger partial charge in [0.15, 0.2) is 0 Å². The molecular weight excluding hydrogens is 344 g/mol. The Balaban J connectivity index is 2.34. The monoisotopic (exact) mass is 382 g/mol. The third kappa shape index (κ3) is 9.52. The highest BCUT2D eigenvalue weighted by molar-refractivity contribution is 5.84. The predicted octanol–water partition coefficient (Wildman–Crippen LogP) is 3.95. The zero-order valence-electron chi connectivity index (χ0n) is 17.1. The topological polar surface area (TPSA) is 83.8 Å². The molecule has 0 heterocycles. The van der Waals surface area contributed by atoms with Crippen molar-refractivity contribution in [3.05, 3.63) is 12.2 Å². The van der Waals surface area contributed by atoms with E-state index in [-0.39, 0.29) is 30.0 Å². The highest BCUT2D eigenvalue weighted by atomic mass is 16.5. The van der Waals surface area contributed by atoms with Gasteiger partial charge in [-0.2, -0.15) is 0 Å². The molecule has 4 atom stereocenters. The van der Waals surface area contributed by atoms with Crippen molar-refractivity contribution < 1.29 is 24.5 Å². The van der Waals surface area contributed by atoms with E-state index in [9.17, 15) is 19.8 Å². The normalized spacial score (nSPS) is 23.9. The lowest BCUT2D eigenvalue weighted by Gasteiger charge is -2.18. The number of ketones is 1. The first kappa shape index (κ1) is 23.8. The maximum absolute atomic E-state index is 12.2. The number of rotatable bonds is 14. The molecule has 5 nitrogen and oxygen atoms in total. The second-order valence-electron chi connectivity index (χ2n) is 7.63. The second kappa shape index (κ2) is 13.9. The molecule has 5 heteroatoms. The van der Waals surface area contributed by atoms with Crippen LogP contribution in [0, 0.1) is 11.8 Å².